The highest BCUT2D eigenvalue weighted by Crippen LogP contribution is 2.18. The highest BCUT2D eigenvalue weighted by atomic mass is 32.2. The van der Waals surface area contributed by atoms with E-state index in [0.717, 1.165) is 5.69 Å². The number of carbonyl (C=O) groups is 1. The molecule has 0 radical (unpaired) electrons. The molecule has 7 heteroatoms. The Morgan fingerprint density at radius 2 is 2.05 bits per heavy atom. The van der Waals surface area contributed by atoms with Gasteiger partial charge in [-0.05, 0) is 31.2 Å². The molecule has 0 amide bonds. The topological polar surface area (TPSA) is 89.3 Å². The van der Waals surface area contributed by atoms with E-state index in [1.54, 1.807) is 20.0 Å². The first kappa shape index (κ1) is 14.3. The third kappa shape index (κ3) is 2.88. The maximum Gasteiger partial charge on any atom is 0.335 e. The van der Waals surface area contributed by atoms with Crippen LogP contribution in [-0.2, 0) is 22.6 Å². The second kappa shape index (κ2) is 5.09. The van der Waals surface area contributed by atoms with Gasteiger partial charge in [0, 0.05) is 7.05 Å². The van der Waals surface area contributed by atoms with E-state index in [1.807, 2.05) is 0 Å². The van der Waals surface area contributed by atoms with Crippen molar-refractivity contribution in [1.29, 1.82) is 0 Å². The van der Waals surface area contributed by atoms with Gasteiger partial charge in [0.25, 0.3) is 0 Å². The molecule has 1 N–H and O–H groups in total. The molecule has 0 bridgehead atoms. The summed E-state index contributed by atoms with van der Waals surface area (Å²) in [6.45, 7) is 1.78. The number of benzene rings is 1. The lowest BCUT2D eigenvalue weighted by molar-refractivity contribution is 0.0696. The van der Waals surface area contributed by atoms with Crippen LogP contribution < -0.4 is 0 Å². The van der Waals surface area contributed by atoms with Crippen molar-refractivity contribution in [3.8, 4) is 0 Å². The molecule has 20 heavy (non-hydrogen) atoms. The molecule has 1 aromatic carbocycles. The fraction of sp³-hybridized carbons (Fsp3) is 0.231. The van der Waals surface area contributed by atoms with E-state index in [2.05, 4.69) is 5.10 Å². The number of hydrogen-bond donors (Lipinski definition) is 1. The Labute approximate surface area is 116 Å². The van der Waals surface area contributed by atoms with Crippen LogP contribution in [0.3, 0.4) is 0 Å². The Bertz CT molecular complexity index is 762. The van der Waals surface area contributed by atoms with Gasteiger partial charge in [-0.1, -0.05) is 6.07 Å². The first-order valence-electron chi connectivity index (χ1n) is 5.85. The Kier molecular flexibility index (Phi) is 3.63. The number of sulfone groups is 1. The third-order valence-electron chi connectivity index (χ3n) is 2.88. The number of aryl methyl sites for hydroxylation is 2. The molecule has 2 rings (SSSR count). The van der Waals surface area contributed by atoms with E-state index >= 15 is 0 Å². The van der Waals surface area contributed by atoms with Crippen molar-refractivity contribution >= 4 is 15.8 Å². The van der Waals surface area contributed by atoms with Crippen molar-refractivity contribution in [3.05, 3.63) is 47.3 Å². The van der Waals surface area contributed by atoms with Gasteiger partial charge >= 0.3 is 5.97 Å². The van der Waals surface area contributed by atoms with Crippen LogP contribution >= 0.6 is 0 Å². The number of aromatic nitrogens is 2. The van der Waals surface area contributed by atoms with Crippen molar-refractivity contribution in [1.82, 2.24) is 9.78 Å². The zero-order valence-electron chi connectivity index (χ0n) is 11.1. The number of rotatable bonds is 4. The monoisotopic (exact) mass is 294 g/mol. The molecule has 0 aliphatic carbocycles. The normalized spacial score (nSPS) is 11.5. The predicted molar refractivity (Wildman–Crippen MR) is 72.2 cm³/mol. The second-order valence-electron chi connectivity index (χ2n) is 4.49. The lowest BCUT2D eigenvalue weighted by Gasteiger charge is -2.05. The first-order valence-corrected chi connectivity index (χ1v) is 7.50. The van der Waals surface area contributed by atoms with Crippen LogP contribution in [0.4, 0.5) is 0 Å². The summed E-state index contributed by atoms with van der Waals surface area (Å²) < 4.78 is 26.1. The van der Waals surface area contributed by atoms with Gasteiger partial charge < -0.3 is 5.11 Å². The molecule has 1 heterocycles. The zero-order chi connectivity index (χ0) is 14.9. The van der Waals surface area contributed by atoms with Crippen molar-refractivity contribution < 1.29 is 18.3 Å². The van der Waals surface area contributed by atoms with Crippen LogP contribution in [0.5, 0.6) is 0 Å². The second-order valence-corrected chi connectivity index (χ2v) is 6.48. The Morgan fingerprint density at radius 1 is 1.35 bits per heavy atom. The molecule has 2 aromatic rings. The molecule has 0 saturated heterocycles. The van der Waals surface area contributed by atoms with Crippen molar-refractivity contribution in [2.24, 2.45) is 7.05 Å². The minimum Gasteiger partial charge on any atom is -0.478 e. The highest BCUT2D eigenvalue weighted by molar-refractivity contribution is 7.90. The van der Waals surface area contributed by atoms with Gasteiger partial charge in [0.2, 0.25) is 0 Å². The van der Waals surface area contributed by atoms with Crippen LogP contribution in [0.25, 0.3) is 0 Å². The molecule has 0 spiro atoms. The summed E-state index contributed by atoms with van der Waals surface area (Å²) in [7, 11) is -1.93. The third-order valence-corrected chi connectivity index (χ3v) is 4.52. The maximum atomic E-state index is 12.3. The van der Waals surface area contributed by atoms with E-state index in [4.69, 9.17) is 5.11 Å². The minimum absolute atomic E-state index is 0.00347. The SMILES string of the molecule is Cc1cc(CS(=O)(=O)c2cccc(C(=O)O)c2)n(C)n1. The molecule has 0 aliphatic rings. The Hall–Kier alpha value is -2.15. The summed E-state index contributed by atoms with van der Waals surface area (Å²) >= 11 is 0. The van der Waals surface area contributed by atoms with E-state index in [-0.39, 0.29) is 16.2 Å². The number of carboxylic acids is 1. The molecule has 0 aliphatic heterocycles. The molecule has 0 unspecified atom stereocenters. The molecule has 6 nitrogen and oxygen atoms in total. The average Bonchev–Trinajstić information content (AvgIpc) is 2.67. The van der Waals surface area contributed by atoms with Crippen molar-refractivity contribution in [2.45, 2.75) is 17.6 Å². The van der Waals surface area contributed by atoms with Gasteiger partial charge in [-0.15, -0.1) is 0 Å². The Balaban J connectivity index is 2.38. The quantitative estimate of drug-likeness (QED) is 0.920. The Morgan fingerprint density at radius 3 is 2.60 bits per heavy atom. The van der Waals surface area contributed by atoms with E-state index in [1.165, 1.54) is 28.9 Å². The number of hydrogen-bond acceptors (Lipinski definition) is 4. The largest absolute Gasteiger partial charge is 0.478 e. The summed E-state index contributed by atoms with van der Waals surface area (Å²) in [5.74, 6) is -1.37. The smallest absolute Gasteiger partial charge is 0.335 e. The van der Waals surface area contributed by atoms with E-state index in [0.29, 0.717) is 5.69 Å². The molecule has 0 fully saturated rings. The van der Waals surface area contributed by atoms with Crippen LogP contribution in [0, 0.1) is 6.92 Å². The van der Waals surface area contributed by atoms with Crippen LogP contribution in [0.2, 0.25) is 0 Å². The number of carboxylic acid groups (broad SMARTS) is 1. The molecular formula is C13H14N2O4S. The lowest BCUT2D eigenvalue weighted by Crippen LogP contribution is -2.09. The van der Waals surface area contributed by atoms with Gasteiger partial charge in [0.15, 0.2) is 9.84 Å². The molecule has 0 atom stereocenters. The van der Waals surface area contributed by atoms with Crippen molar-refractivity contribution in [2.75, 3.05) is 0 Å². The molecule has 0 saturated carbocycles. The molecule has 1 aromatic heterocycles. The van der Waals surface area contributed by atoms with Gasteiger partial charge in [-0.2, -0.15) is 5.10 Å². The fourth-order valence-corrected chi connectivity index (χ4v) is 3.32. The summed E-state index contributed by atoms with van der Waals surface area (Å²) in [6.07, 6.45) is 0. The molecule has 106 valence electrons. The van der Waals surface area contributed by atoms with Crippen LogP contribution in [0.15, 0.2) is 35.2 Å². The fourth-order valence-electron chi connectivity index (χ4n) is 1.90. The minimum atomic E-state index is -3.60. The molecular weight excluding hydrogens is 280 g/mol. The summed E-state index contributed by atoms with van der Waals surface area (Å²) in [6, 6.07) is 7.03. The standard InChI is InChI=1S/C13H14N2O4S/c1-9-6-11(15(2)14-9)8-20(18,19)12-5-3-4-10(7-12)13(16)17/h3-7H,8H2,1-2H3,(H,16,17). The van der Waals surface area contributed by atoms with Gasteiger partial charge in [0.05, 0.1) is 27.6 Å². The zero-order valence-corrected chi connectivity index (χ0v) is 11.9. The predicted octanol–water partition coefficient (Wildman–Crippen LogP) is 1.40. The van der Waals surface area contributed by atoms with E-state index < -0.39 is 15.8 Å². The maximum absolute atomic E-state index is 12.3. The summed E-state index contributed by atoms with van der Waals surface area (Å²) in [4.78, 5) is 10.9. The highest BCUT2D eigenvalue weighted by Gasteiger charge is 2.19. The van der Waals surface area contributed by atoms with Crippen LogP contribution in [0.1, 0.15) is 21.7 Å². The van der Waals surface area contributed by atoms with Gasteiger partial charge in [-0.3, -0.25) is 4.68 Å². The lowest BCUT2D eigenvalue weighted by atomic mass is 10.2. The summed E-state index contributed by atoms with van der Waals surface area (Å²) in [5, 5.41) is 13.0. The van der Waals surface area contributed by atoms with Crippen molar-refractivity contribution in [3.63, 3.8) is 0 Å². The first-order chi connectivity index (χ1) is 9.29. The van der Waals surface area contributed by atoms with Gasteiger partial charge in [0.1, 0.15) is 0 Å². The number of nitrogens with zero attached hydrogens (tertiary/aromatic N) is 2. The van der Waals surface area contributed by atoms with Crippen LogP contribution in [-0.4, -0.2) is 29.3 Å². The average molecular weight is 294 g/mol. The van der Waals surface area contributed by atoms with E-state index in [9.17, 15) is 13.2 Å². The summed E-state index contributed by atoms with van der Waals surface area (Å²) in [5.41, 5.74) is 1.24. The number of aromatic carboxylic acids is 1. The van der Waals surface area contributed by atoms with Gasteiger partial charge in [-0.25, -0.2) is 13.2 Å².